The Bertz CT molecular complexity index is 889. The van der Waals surface area contributed by atoms with Gasteiger partial charge >= 0.3 is 5.97 Å². The molecule has 4 rings (SSSR count). The number of carbonyl (C=O) groups is 2. The van der Waals surface area contributed by atoms with Crippen molar-refractivity contribution in [1.82, 2.24) is 14.3 Å². The number of carboxylic acids is 1. The highest BCUT2D eigenvalue weighted by atomic mass is 32.2. The number of Topliss-reactive ketones (excluding diaryl/α,β-unsaturated/α-hetero) is 1. The van der Waals surface area contributed by atoms with Crippen molar-refractivity contribution in [3.63, 3.8) is 0 Å². The average Bonchev–Trinajstić information content (AvgIpc) is 3.23. The monoisotopic (exact) mass is 459 g/mol. The Morgan fingerprint density at radius 2 is 2.07 bits per heavy atom. The second-order valence-corrected chi connectivity index (χ2v) is 12.1. The van der Waals surface area contributed by atoms with Gasteiger partial charge in [-0.2, -0.15) is 17.4 Å². The van der Waals surface area contributed by atoms with Crippen LogP contribution in [0.3, 0.4) is 0 Å². The third-order valence-corrected chi connectivity index (χ3v) is 10.0. The van der Waals surface area contributed by atoms with Crippen LogP contribution < -0.4 is 10.0 Å². The van der Waals surface area contributed by atoms with Crippen LogP contribution >= 0.6 is 11.8 Å². The van der Waals surface area contributed by atoms with E-state index in [2.05, 4.69) is 10.0 Å². The molecule has 0 aromatic rings. The number of allylic oxidation sites excluding steroid dienone is 1. The molecular weight excluding hydrogens is 430 g/mol. The van der Waals surface area contributed by atoms with Gasteiger partial charge in [-0.25, -0.2) is 4.79 Å². The summed E-state index contributed by atoms with van der Waals surface area (Å²) in [6.45, 7) is 6.83. The Hall–Kier alpha value is -0.980. The van der Waals surface area contributed by atoms with E-state index in [0.717, 1.165) is 11.3 Å². The second kappa shape index (κ2) is 7.86. The molecule has 2 saturated heterocycles. The average molecular weight is 460 g/mol. The Balaban J connectivity index is 1.44. The van der Waals surface area contributed by atoms with Gasteiger partial charge in [0.1, 0.15) is 5.78 Å². The van der Waals surface area contributed by atoms with Crippen molar-refractivity contribution < 1.29 is 28.2 Å². The van der Waals surface area contributed by atoms with E-state index in [0.29, 0.717) is 19.6 Å². The van der Waals surface area contributed by atoms with Gasteiger partial charge in [-0.15, -0.1) is 11.8 Å². The third kappa shape index (κ3) is 3.63. The lowest BCUT2D eigenvalue weighted by Gasteiger charge is -2.43. The van der Waals surface area contributed by atoms with Crippen molar-refractivity contribution >= 4 is 33.7 Å². The molecule has 0 bridgehead atoms. The fourth-order valence-corrected chi connectivity index (χ4v) is 8.64. The summed E-state index contributed by atoms with van der Waals surface area (Å²) in [7, 11) is -3.43. The maximum absolute atomic E-state index is 12.5. The molecule has 3 fully saturated rings. The molecule has 4 aliphatic rings. The molecular formula is C19H29N3O6S2. The number of aliphatic hydroxyl groups excluding tert-OH is 1. The second-order valence-electron chi connectivity index (χ2n) is 9.02. The van der Waals surface area contributed by atoms with E-state index >= 15 is 0 Å². The Labute approximate surface area is 180 Å². The van der Waals surface area contributed by atoms with E-state index in [1.807, 2.05) is 13.8 Å². The van der Waals surface area contributed by atoms with Gasteiger partial charge in [-0.1, -0.05) is 6.92 Å². The minimum Gasteiger partial charge on any atom is -0.478 e. The number of hydrogen-bond donors (Lipinski definition) is 4. The summed E-state index contributed by atoms with van der Waals surface area (Å²) in [5, 5.41) is 23.2. The van der Waals surface area contributed by atoms with Gasteiger partial charge in [0.05, 0.1) is 17.6 Å². The van der Waals surface area contributed by atoms with E-state index in [1.54, 1.807) is 6.92 Å². The highest BCUT2D eigenvalue weighted by Gasteiger charge is 2.61. The summed E-state index contributed by atoms with van der Waals surface area (Å²) in [5.74, 6) is -2.59. The van der Waals surface area contributed by atoms with Crippen molar-refractivity contribution in [3.8, 4) is 0 Å². The van der Waals surface area contributed by atoms with Gasteiger partial charge in [-0.3, -0.25) is 4.79 Å². The van der Waals surface area contributed by atoms with Crippen LogP contribution in [0.25, 0.3) is 0 Å². The summed E-state index contributed by atoms with van der Waals surface area (Å²) >= 11 is 1.50. The number of rotatable bonds is 6. The van der Waals surface area contributed by atoms with Crippen LogP contribution in [0.2, 0.25) is 0 Å². The van der Waals surface area contributed by atoms with E-state index in [1.165, 1.54) is 16.1 Å². The molecule has 8 atom stereocenters. The van der Waals surface area contributed by atoms with E-state index in [-0.39, 0.29) is 40.5 Å². The minimum absolute atomic E-state index is 0.00136. The van der Waals surface area contributed by atoms with Crippen LogP contribution in [0, 0.1) is 23.7 Å². The first-order valence-electron chi connectivity index (χ1n) is 10.4. The molecule has 4 unspecified atom stereocenters. The molecule has 2 aliphatic carbocycles. The fraction of sp³-hybridized carbons (Fsp3) is 0.789. The van der Waals surface area contributed by atoms with Gasteiger partial charge in [0.2, 0.25) is 0 Å². The van der Waals surface area contributed by atoms with Gasteiger partial charge in [-0.05, 0) is 37.0 Å². The summed E-state index contributed by atoms with van der Waals surface area (Å²) < 4.78 is 28.3. The predicted molar refractivity (Wildman–Crippen MR) is 112 cm³/mol. The lowest BCUT2D eigenvalue weighted by atomic mass is 9.59. The zero-order chi connectivity index (χ0) is 22.0. The summed E-state index contributed by atoms with van der Waals surface area (Å²) in [4.78, 5) is 25.2. The zero-order valence-corrected chi connectivity index (χ0v) is 18.9. The highest BCUT2D eigenvalue weighted by Crippen LogP contribution is 2.58. The largest absolute Gasteiger partial charge is 0.478 e. The molecule has 0 aromatic carbocycles. The van der Waals surface area contributed by atoms with Crippen LogP contribution in [-0.2, 0) is 19.8 Å². The Kier molecular flexibility index (Phi) is 5.82. The number of fused-ring (bicyclic) bond motifs is 1. The highest BCUT2D eigenvalue weighted by molar-refractivity contribution is 8.03. The summed E-state index contributed by atoms with van der Waals surface area (Å²) in [6.07, 6.45) is -0.0614. The molecule has 30 heavy (non-hydrogen) atoms. The smallest absolute Gasteiger partial charge is 0.333 e. The summed E-state index contributed by atoms with van der Waals surface area (Å²) in [6, 6.07) is -0.113. The molecule has 0 radical (unpaired) electrons. The maximum Gasteiger partial charge on any atom is 0.333 e. The lowest BCUT2D eigenvalue weighted by Crippen LogP contribution is -2.53. The Morgan fingerprint density at radius 3 is 2.63 bits per heavy atom. The lowest BCUT2D eigenvalue weighted by molar-refractivity contribution is -0.151. The molecule has 2 heterocycles. The molecule has 168 valence electrons. The van der Waals surface area contributed by atoms with Crippen molar-refractivity contribution in [1.29, 1.82) is 0 Å². The first-order chi connectivity index (χ1) is 14.0. The third-order valence-electron chi connectivity index (χ3n) is 6.82. The molecule has 1 saturated carbocycles. The number of nitrogens with one attached hydrogen (secondary N) is 2. The first kappa shape index (κ1) is 22.2. The van der Waals surface area contributed by atoms with Crippen molar-refractivity contribution in [3.05, 3.63) is 10.5 Å². The predicted octanol–water partition coefficient (Wildman–Crippen LogP) is -0.211. The SMILES string of the molecule is CC1CN(C[C@@H]2C[C@H](SC3=C(C(=O)O)C4C(=O)C([C@@H](C)O)C4[C@H]3C)CN2)S(=O)(=O)N1. The number of aliphatic carboxylic acids is 1. The number of ketones is 1. The molecule has 0 spiro atoms. The number of aliphatic hydroxyl groups is 1. The van der Waals surface area contributed by atoms with Gasteiger partial charge in [0, 0.05) is 42.9 Å². The molecule has 9 nitrogen and oxygen atoms in total. The molecule has 4 N–H and O–H groups in total. The first-order valence-corrected chi connectivity index (χ1v) is 12.7. The fourth-order valence-electron chi connectivity index (χ4n) is 5.53. The van der Waals surface area contributed by atoms with Crippen LogP contribution in [0.5, 0.6) is 0 Å². The van der Waals surface area contributed by atoms with Crippen LogP contribution in [0.15, 0.2) is 10.5 Å². The molecule has 11 heteroatoms. The van der Waals surface area contributed by atoms with Crippen LogP contribution in [0.1, 0.15) is 27.2 Å². The van der Waals surface area contributed by atoms with Crippen LogP contribution in [0.4, 0.5) is 0 Å². The zero-order valence-electron chi connectivity index (χ0n) is 17.2. The van der Waals surface area contributed by atoms with Crippen molar-refractivity contribution in [2.45, 2.75) is 50.6 Å². The quantitative estimate of drug-likeness (QED) is 0.428. The van der Waals surface area contributed by atoms with Crippen LogP contribution in [-0.4, -0.2) is 77.8 Å². The summed E-state index contributed by atoms with van der Waals surface area (Å²) in [5.41, 5.74) is 0.197. The van der Waals surface area contributed by atoms with E-state index < -0.39 is 34.1 Å². The number of thioether (sulfide) groups is 1. The number of nitrogens with zero attached hydrogens (tertiary/aromatic N) is 1. The molecule has 2 aliphatic heterocycles. The van der Waals surface area contributed by atoms with Crippen molar-refractivity contribution in [2.75, 3.05) is 19.6 Å². The number of carboxylic acid groups (broad SMARTS) is 1. The minimum atomic E-state index is -3.43. The van der Waals surface area contributed by atoms with E-state index in [4.69, 9.17) is 0 Å². The van der Waals surface area contributed by atoms with Gasteiger partial charge in [0.25, 0.3) is 10.2 Å². The molecule has 0 aromatic heterocycles. The Morgan fingerprint density at radius 1 is 1.37 bits per heavy atom. The topological polar surface area (TPSA) is 136 Å². The normalized spacial score (nSPS) is 41.7. The van der Waals surface area contributed by atoms with E-state index in [9.17, 15) is 28.2 Å². The standard InChI is InChI=1S/C19H29N3O6S2/c1-8-6-22(30(27,28)21-8)7-11-4-12(5-20-11)29-18-9(2)13-14(10(3)23)17(24)15(13)16(18)19(25)26/h8-15,20-21,23H,4-7H2,1-3H3,(H,25,26)/t8?,9-,10-,11+,12+,13?,14?,15?/m1/s1. The van der Waals surface area contributed by atoms with Gasteiger partial charge < -0.3 is 15.5 Å². The van der Waals surface area contributed by atoms with Crippen molar-refractivity contribution in [2.24, 2.45) is 23.7 Å². The van der Waals surface area contributed by atoms with Gasteiger partial charge in [0.15, 0.2) is 0 Å². The maximum atomic E-state index is 12.5. The molecule has 0 amide bonds. The number of hydrogen-bond acceptors (Lipinski definition) is 7. The number of carbonyl (C=O) groups excluding carboxylic acids is 1.